The van der Waals surface area contributed by atoms with E-state index in [1.54, 1.807) is 6.20 Å². The zero-order valence-corrected chi connectivity index (χ0v) is 12.5. The molecule has 90 valence electrons. The molecule has 1 aromatic carbocycles. The van der Waals surface area contributed by atoms with E-state index in [0.717, 1.165) is 27.8 Å². The largest absolute Gasteiger partial charge is 0.454 e. The van der Waals surface area contributed by atoms with Crippen molar-refractivity contribution in [1.82, 2.24) is 9.78 Å². The molecule has 0 atom stereocenters. The van der Waals surface area contributed by atoms with Gasteiger partial charge in [-0.25, -0.2) is 0 Å². The number of rotatable bonds is 4. The molecule has 2 aromatic rings. The van der Waals surface area contributed by atoms with Gasteiger partial charge in [0.2, 0.25) is 0 Å². The van der Waals surface area contributed by atoms with Crippen molar-refractivity contribution in [3.8, 4) is 11.5 Å². The summed E-state index contributed by atoms with van der Waals surface area (Å²) in [5.74, 6) is 1.56. The van der Waals surface area contributed by atoms with Crippen LogP contribution in [0.3, 0.4) is 0 Å². The number of alkyl halides is 1. The molecule has 1 heterocycles. The molecule has 2 rings (SSSR count). The maximum Gasteiger partial charge on any atom is 0.165 e. The van der Waals surface area contributed by atoms with Crippen LogP contribution in [0, 0.1) is 0 Å². The maximum atomic E-state index is 5.71. The van der Waals surface area contributed by atoms with Crippen LogP contribution in [0.1, 0.15) is 12.5 Å². The summed E-state index contributed by atoms with van der Waals surface area (Å²) < 4.78 is 8.58. The minimum absolute atomic E-state index is 0.755. The van der Waals surface area contributed by atoms with Crippen LogP contribution >= 0.6 is 31.9 Å². The molecule has 3 nitrogen and oxygen atoms in total. The lowest BCUT2D eigenvalue weighted by Gasteiger charge is -2.05. The SMILES string of the molecule is CCn1cc(Oc2ccc(CBr)c(Br)c2)cn1. The summed E-state index contributed by atoms with van der Waals surface area (Å²) in [5.41, 5.74) is 1.20. The minimum Gasteiger partial charge on any atom is -0.454 e. The van der Waals surface area contributed by atoms with Gasteiger partial charge < -0.3 is 4.74 Å². The Bertz CT molecular complexity index is 511. The van der Waals surface area contributed by atoms with Gasteiger partial charge in [-0.15, -0.1) is 0 Å². The molecule has 1 aromatic heterocycles. The Labute approximate surface area is 117 Å². The van der Waals surface area contributed by atoms with E-state index in [1.165, 1.54) is 5.56 Å². The van der Waals surface area contributed by atoms with Gasteiger partial charge in [-0.05, 0) is 24.6 Å². The van der Waals surface area contributed by atoms with Crippen LogP contribution in [0.2, 0.25) is 0 Å². The highest BCUT2D eigenvalue weighted by Gasteiger charge is 2.04. The summed E-state index contributed by atoms with van der Waals surface area (Å²) >= 11 is 6.94. The molecule has 5 heteroatoms. The third-order valence-corrected chi connectivity index (χ3v) is 3.68. The van der Waals surface area contributed by atoms with Crippen LogP contribution in [0.4, 0.5) is 0 Å². The summed E-state index contributed by atoms with van der Waals surface area (Å²) in [6.45, 7) is 2.88. The molecule has 0 N–H and O–H groups in total. The Kier molecular flexibility index (Phi) is 4.23. The number of nitrogens with zero attached hydrogens (tertiary/aromatic N) is 2. The number of halogens is 2. The summed E-state index contributed by atoms with van der Waals surface area (Å²) in [5, 5.41) is 4.98. The van der Waals surface area contributed by atoms with Crippen molar-refractivity contribution in [2.45, 2.75) is 18.8 Å². The van der Waals surface area contributed by atoms with Crippen molar-refractivity contribution < 1.29 is 4.74 Å². The van der Waals surface area contributed by atoms with E-state index in [0.29, 0.717) is 0 Å². The monoisotopic (exact) mass is 358 g/mol. The fourth-order valence-corrected chi connectivity index (χ4v) is 2.77. The fourth-order valence-electron chi connectivity index (χ4n) is 1.41. The Balaban J connectivity index is 2.15. The maximum absolute atomic E-state index is 5.71. The summed E-state index contributed by atoms with van der Waals surface area (Å²) in [4.78, 5) is 0. The number of benzene rings is 1. The molecule has 0 radical (unpaired) electrons. The van der Waals surface area contributed by atoms with Crippen LogP contribution in [-0.4, -0.2) is 9.78 Å². The number of hydrogen-bond acceptors (Lipinski definition) is 2. The lowest BCUT2D eigenvalue weighted by Crippen LogP contribution is -1.92. The molecule has 0 unspecified atom stereocenters. The second-order valence-electron chi connectivity index (χ2n) is 3.52. The normalized spacial score (nSPS) is 10.5. The molecule has 0 bridgehead atoms. The highest BCUT2D eigenvalue weighted by atomic mass is 79.9. The first kappa shape index (κ1) is 12.6. The molecule has 0 saturated carbocycles. The predicted molar refractivity (Wildman–Crippen MR) is 74.7 cm³/mol. The summed E-state index contributed by atoms with van der Waals surface area (Å²) in [6, 6.07) is 5.93. The Morgan fingerprint density at radius 2 is 2.18 bits per heavy atom. The van der Waals surface area contributed by atoms with Crippen LogP contribution < -0.4 is 4.74 Å². The van der Waals surface area contributed by atoms with Crippen molar-refractivity contribution in [3.05, 3.63) is 40.6 Å². The van der Waals surface area contributed by atoms with E-state index >= 15 is 0 Å². The molecule has 0 aliphatic heterocycles. The first-order valence-corrected chi connectivity index (χ1v) is 7.19. The molecular formula is C12H12Br2N2O. The topological polar surface area (TPSA) is 27.1 Å². The van der Waals surface area contributed by atoms with Crippen LogP contribution in [0.15, 0.2) is 35.1 Å². The van der Waals surface area contributed by atoms with E-state index in [4.69, 9.17) is 4.74 Å². The highest BCUT2D eigenvalue weighted by Crippen LogP contribution is 2.27. The molecule has 0 aliphatic carbocycles. The van der Waals surface area contributed by atoms with Gasteiger partial charge in [-0.2, -0.15) is 5.10 Å². The van der Waals surface area contributed by atoms with Crippen molar-refractivity contribution in [1.29, 1.82) is 0 Å². The summed E-state index contributed by atoms with van der Waals surface area (Å²) in [6.07, 6.45) is 3.60. The van der Waals surface area contributed by atoms with Gasteiger partial charge >= 0.3 is 0 Å². The first-order chi connectivity index (χ1) is 8.22. The molecular weight excluding hydrogens is 348 g/mol. The second-order valence-corrected chi connectivity index (χ2v) is 4.94. The fraction of sp³-hybridized carbons (Fsp3) is 0.250. The highest BCUT2D eigenvalue weighted by molar-refractivity contribution is 9.10. The zero-order valence-electron chi connectivity index (χ0n) is 9.36. The van der Waals surface area contributed by atoms with Gasteiger partial charge in [0.1, 0.15) is 5.75 Å². The van der Waals surface area contributed by atoms with Gasteiger partial charge in [0.05, 0.1) is 12.4 Å². The zero-order chi connectivity index (χ0) is 12.3. The van der Waals surface area contributed by atoms with Crippen LogP contribution in [0.25, 0.3) is 0 Å². The van der Waals surface area contributed by atoms with Crippen LogP contribution in [0.5, 0.6) is 11.5 Å². The van der Waals surface area contributed by atoms with E-state index in [9.17, 15) is 0 Å². The average Bonchev–Trinajstić information content (AvgIpc) is 2.77. The van der Waals surface area contributed by atoms with Gasteiger partial charge in [-0.3, -0.25) is 4.68 Å². The van der Waals surface area contributed by atoms with E-state index in [2.05, 4.69) is 37.0 Å². The lowest BCUT2D eigenvalue weighted by atomic mass is 10.2. The Morgan fingerprint density at radius 3 is 2.76 bits per heavy atom. The molecule has 0 saturated heterocycles. The number of hydrogen-bond donors (Lipinski definition) is 0. The average molecular weight is 360 g/mol. The van der Waals surface area contributed by atoms with Gasteiger partial charge in [-0.1, -0.05) is 37.9 Å². The summed E-state index contributed by atoms with van der Waals surface area (Å²) in [7, 11) is 0. The third-order valence-electron chi connectivity index (χ3n) is 2.34. The predicted octanol–water partition coefficient (Wildman–Crippen LogP) is 4.35. The standard InChI is InChI=1S/C12H12Br2N2O/c1-2-16-8-11(7-15-16)17-10-4-3-9(6-13)12(14)5-10/h3-5,7-8H,2,6H2,1H3. The molecule has 0 amide bonds. The molecule has 0 aliphatic rings. The van der Waals surface area contributed by atoms with Crippen LogP contribution in [-0.2, 0) is 11.9 Å². The minimum atomic E-state index is 0.755. The third kappa shape index (κ3) is 3.10. The molecule has 17 heavy (non-hydrogen) atoms. The van der Waals surface area contributed by atoms with Gasteiger partial charge in [0.25, 0.3) is 0 Å². The number of ether oxygens (including phenoxy) is 1. The van der Waals surface area contributed by atoms with Crippen molar-refractivity contribution in [2.75, 3.05) is 0 Å². The van der Waals surface area contributed by atoms with Crippen molar-refractivity contribution >= 4 is 31.9 Å². The van der Waals surface area contributed by atoms with E-state index in [1.807, 2.05) is 36.0 Å². The van der Waals surface area contributed by atoms with E-state index in [-0.39, 0.29) is 0 Å². The Hall–Kier alpha value is -0.810. The number of aryl methyl sites for hydroxylation is 1. The van der Waals surface area contributed by atoms with Gasteiger partial charge in [0, 0.05) is 16.3 Å². The second kappa shape index (κ2) is 5.69. The lowest BCUT2D eigenvalue weighted by molar-refractivity contribution is 0.481. The smallest absolute Gasteiger partial charge is 0.165 e. The molecule has 0 spiro atoms. The molecule has 0 fully saturated rings. The quantitative estimate of drug-likeness (QED) is 0.758. The van der Waals surface area contributed by atoms with Crippen molar-refractivity contribution in [2.24, 2.45) is 0 Å². The number of aromatic nitrogens is 2. The first-order valence-electron chi connectivity index (χ1n) is 5.27. The van der Waals surface area contributed by atoms with Crippen molar-refractivity contribution in [3.63, 3.8) is 0 Å². The van der Waals surface area contributed by atoms with Gasteiger partial charge in [0.15, 0.2) is 5.75 Å². The Morgan fingerprint density at radius 1 is 1.35 bits per heavy atom. The van der Waals surface area contributed by atoms with E-state index < -0.39 is 0 Å².